The van der Waals surface area contributed by atoms with Crippen molar-refractivity contribution >= 4 is 32.5 Å². The molecular formula is C16H15FN4OS. The molecule has 2 aromatic heterocycles. The summed E-state index contributed by atoms with van der Waals surface area (Å²) in [6.07, 6.45) is 0. The van der Waals surface area contributed by atoms with E-state index in [9.17, 15) is 4.39 Å². The minimum Gasteiger partial charge on any atom is -0.397 e. The Morgan fingerprint density at radius 2 is 2.00 bits per heavy atom. The number of hydrogen-bond acceptors (Lipinski definition) is 6. The Morgan fingerprint density at radius 1 is 1.17 bits per heavy atom. The number of morpholine rings is 1. The Labute approximate surface area is 136 Å². The molecule has 23 heavy (non-hydrogen) atoms. The molecule has 3 heterocycles. The van der Waals surface area contributed by atoms with Gasteiger partial charge >= 0.3 is 0 Å². The molecule has 1 fully saturated rings. The second kappa shape index (κ2) is 5.75. The molecule has 0 spiro atoms. The van der Waals surface area contributed by atoms with Crippen molar-refractivity contribution in [2.24, 2.45) is 0 Å². The van der Waals surface area contributed by atoms with Crippen LogP contribution in [-0.2, 0) is 4.74 Å². The normalized spacial score (nSPS) is 15.3. The number of thiazole rings is 1. The quantitative estimate of drug-likeness (QED) is 0.783. The number of anilines is 2. The fraction of sp³-hybridized carbons (Fsp3) is 0.250. The van der Waals surface area contributed by atoms with Crippen LogP contribution < -0.4 is 10.6 Å². The van der Waals surface area contributed by atoms with Crippen LogP contribution in [0.4, 0.5) is 15.2 Å². The molecular weight excluding hydrogens is 315 g/mol. The molecule has 1 aliphatic rings. The van der Waals surface area contributed by atoms with Crippen LogP contribution in [0.25, 0.3) is 21.6 Å². The second-order valence-electron chi connectivity index (χ2n) is 5.35. The molecule has 118 valence electrons. The van der Waals surface area contributed by atoms with Crippen molar-refractivity contribution in [3.63, 3.8) is 0 Å². The zero-order chi connectivity index (χ0) is 15.8. The number of nitrogens with two attached hydrogens (primary N) is 1. The van der Waals surface area contributed by atoms with Crippen LogP contribution in [0.1, 0.15) is 0 Å². The van der Waals surface area contributed by atoms with Gasteiger partial charge in [0.15, 0.2) is 10.8 Å². The highest BCUT2D eigenvalue weighted by molar-refractivity contribution is 7.22. The number of aromatic nitrogens is 2. The summed E-state index contributed by atoms with van der Waals surface area (Å²) in [7, 11) is 0. The van der Waals surface area contributed by atoms with Gasteiger partial charge in [0.1, 0.15) is 5.82 Å². The van der Waals surface area contributed by atoms with Gasteiger partial charge < -0.3 is 15.4 Å². The van der Waals surface area contributed by atoms with Gasteiger partial charge in [0, 0.05) is 18.7 Å². The van der Waals surface area contributed by atoms with Crippen LogP contribution in [0.15, 0.2) is 30.3 Å². The predicted octanol–water partition coefficient (Wildman–Crippen LogP) is 2.92. The Balaban J connectivity index is 1.77. The highest BCUT2D eigenvalue weighted by Crippen LogP contribution is 2.33. The molecule has 0 aliphatic carbocycles. The largest absolute Gasteiger partial charge is 0.397 e. The van der Waals surface area contributed by atoms with Crippen LogP contribution in [0.3, 0.4) is 0 Å². The van der Waals surface area contributed by atoms with Gasteiger partial charge in [-0.3, -0.25) is 0 Å². The second-order valence-corrected chi connectivity index (χ2v) is 6.36. The lowest BCUT2D eigenvalue weighted by Crippen LogP contribution is -2.36. The molecule has 1 aliphatic heterocycles. The Morgan fingerprint density at radius 3 is 2.78 bits per heavy atom. The summed E-state index contributed by atoms with van der Waals surface area (Å²) in [6, 6.07) is 8.14. The van der Waals surface area contributed by atoms with Crippen LogP contribution in [0, 0.1) is 5.82 Å². The molecule has 4 rings (SSSR count). The van der Waals surface area contributed by atoms with Crippen molar-refractivity contribution < 1.29 is 9.13 Å². The number of nitrogen functional groups attached to an aromatic ring is 1. The van der Waals surface area contributed by atoms with E-state index in [1.165, 1.54) is 12.1 Å². The molecule has 0 bridgehead atoms. The van der Waals surface area contributed by atoms with Gasteiger partial charge in [0.05, 0.1) is 29.3 Å². The summed E-state index contributed by atoms with van der Waals surface area (Å²) in [6.45, 7) is 3.07. The van der Waals surface area contributed by atoms with E-state index in [-0.39, 0.29) is 5.82 Å². The van der Waals surface area contributed by atoms with Crippen molar-refractivity contribution in [1.29, 1.82) is 0 Å². The number of hydrogen-bond donors (Lipinski definition) is 1. The first-order valence-corrected chi connectivity index (χ1v) is 8.18. The number of benzene rings is 1. The Kier molecular flexibility index (Phi) is 3.59. The molecule has 2 N–H and O–H groups in total. The van der Waals surface area contributed by atoms with Crippen molar-refractivity contribution in [3.05, 3.63) is 36.1 Å². The fourth-order valence-corrected chi connectivity index (χ4v) is 3.63. The lowest BCUT2D eigenvalue weighted by Gasteiger charge is -2.25. The number of halogens is 1. The van der Waals surface area contributed by atoms with E-state index in [1.54, 1.807) is 23.5 Å². The summed E-state index contributed by atoms with van der Waals surface area (Å²) < 4.78 is 19.7. The lowest BCUT2D eigenvalue weighted by atomic mass is 10.1. The number of rotatable bonds is 2. The molecule has 0 saturated carbocycles. The summed E-state index contributed by atoms with van der Waals surface area (Å²) in [5.74, 6) is -0.309. The number of pyridine rings is 1. The highest BCUT2D eigenvalue weighted by atomic mass is 32.1. The SMILES string of the molecule is Nc1cc2sc(N3CCOCC3)nc2nc1-c1cccc(F)c1. The van der Waals surface area contributed by atoms with Gasteiger partial charge in [-0.15, -0.1) is 0 Å². The minimum absolute atomic E-state index is 0.309. The zero-order valence-electron chi connectivity index (χ0n) is 12.3. The van der Waals surface area contributed by atoms with E-state index in [1.807, 2.05) is 6.07 Å². The number of fused-ring (bicyclic) bond motifs is 1. The van der Waals surface area contributed by atoms with Crippen molar-refractivity contribution in [2.75, 3.05) is 36.9 Å². The molecule has 0 atom stereocenters. The maximum Gasteiger partial charge on any atom is 0.188 e. The van der Waals surface area contributed by atoms with E-state index >= 15 is 0 Å². The molecule has 0 amide bonds. The van der Waals surface area contributed by atoms with Crippen LogP contribution in [0.5, 0.6) is 0 Å². The molecule has 3 aromatic rings. The molecule has 0 unspecified atom stereocenters. The summed E-state index contributed by atoms with van der Waals surface area (Å²) >= 11 is 1.57. The summed E-state index contributed by atoms with van der Waals surface area (Å²) in [5, 5.41) is 0.923. The topological polar surface area (TPSA) is 64.3 Å². The summed E-state index contributed by atoms with van der Waals surface area (Å²) in [4.78, 5) is 11.4. The minimum atomic E-state index is -0.309. The maximum atomic E-state index is 13.4. The van der Waals surface area contributed by atoms with Gasteiger partial charge in [-0.2, -0.15) is 4.98 Å². The van der Waals surface area contributed by atoms with Crippen molar-refractivity contribution in [3.8, 4) is 11.3 Å². The number of nitrogens with zero attached hydrogens (tertiary/aromatic N) is 3. The first kappa shape index (κ1) is 14.3. The number of ether oxygens (including phenoxy) is 1. The van der Waals surface area contributed by atoms with Crippen molar-refractivity contribution in [2.45, 2.75) is 0 Å². The van der Waals surface area contributed by atoms with E-state index in [2.05, 4.69) is 14.9 Å². The Hall–Kier alpha value is -2.25. The molecule has 0 radical (unpaired) electrons. The third kappa shape index (κ3) is 2.73. The summed E-state index contributed by atoms with van der Waals surface area (Å²) in [5.41, 5.74) is 8.51. The van der Waals surface area contributed by atoms with E-state index in [0.29, 0.717) is 35.8 Å². The van der Waals surface area contributed by atoms with Crippen LogP contribution in [0.2, 0.25) is 0 Å². The molecule has 1 aromatic carbocycles. The third-order valence-corrected chi connectivity index (χ3v) is 4.83. The van der Waals surface area contributed by atoms with E-state index in [4.69, 9.17) is 10.5 Å². The monoisotopic (exact) mass is 330 g/mol. The van der Waals surface area contributed by atoms with Gasteiger partial charge in [-0.1, -0.05) is 23.5 Å². The van der Waals surface area contributed by atoms with Crippen molar-refractivity contribution in [1.82, 2.24) is 9.97 Å². The van der Waals surface area contributed by atoms with Gasteiger partial charge in [-0.25, -0.2) is 9.37 Å². The maximum absolute atomic E-state index is 13.4. The van der Waals surface area contributed by atoms with Gasteiger partial charge in [-0.05, 0) is 18.2 Å². The zero-order valence-corrected chi connectivity index (χ0v) is 13.1. The standard InChI is InChI=1S/C16H15FN4OS/c17-11-3-1-2-10(8-11)14-12(18)9-13-15(19-14)20-16(23-13)21-4-6-22-7-5-21/h1-3,8-9H,4-7,18H2. The first-order valence-electron chi connectivity index (χ1n) is 7.36. The third-order valence-electron chi connectivity index (χ3n) is 3.78. The first-order chi connectivity index (χ1) is 11.2. The lowest BCUT2D eigenvalue weighted by molar-refractivity contribution is 0.122. The van der Waals surface area contributed by atoms with Gasteiger partial charge in [0.25, 0.3) is 0 Å². The van der Waals surface area contributed by atoms with E-state index in [0.717, 1.165) is 22.9 Å². The van der Waals surface area contributed by atoms with E-state index < -0.39 is 0 Å². The molecule has 7 heteroatoms. The highest BCUT2D eigenvalue weighted by Gasteiger charge is 2.17. The average Bonchev–Trinajstić information content (AvgIpc) is 2.97. The van der Waals surface area contributed by atoms with Gasteiger partial charge in [0.2, 0.25) is 0 Å². The smallest absolute Gasteiger partial charge is 0.188 e. The molecule has 1 saturated heterocycles. The fourth-order valence-electron chi connectivity index (χ4n) is 2.62. The van der Waals surface area contributed by atoms with Crippen LogP contribution in [-0.4, -0.2) is 36.3 Å². The predicted molar refractivity (Wildman–Crippen MR) is 90.3 cm³/mol. The molecule has 5 nitrogen and oxygen atoms in total. The Bertz CT molecular complexity index is 860. The van der Waals surface area contributed by atoms with Crippen LogP contribution >= 0.6 is 11.3 Å². The average molecular weight is 330 g/mol.